The third-order valence-corrected chi connectivity index (χ3v) is 3.99. The quantitative estimate of drug-likeness (QED) is 0.608. The van der Waals surface area contributed by atoms with Crippen LogP contribution in [0.2, 0.25) is 5.02 Å². The van der Waals surface area contributed by atoms with E-state index in [0.29, 0.717) is 46.0 Å². The van der Waals surface area contributed by atoms with Gasteiger partial charge in [0.25, 0.3) is 5.91 Å². The van der Waals surface area contributed by atoms with Crippen molar-refractivity contribution in [3.63, 3.8) is 0 Å². The summed E-state index contributed by atoms with van der Waals surface area (Å²) >= 11 is 6.02. The number of rotatable bonds is 7. The molecule has 0 unspecified atom stereocenters. The fourth-order valence-corrected chi connectivity index (χ4v) is 2.63. The predicted molar refractivity (Wildman–Crippen MR) is 109 cm³/mol. The minimum absolute atomic E-state index is 0.312. The molecule has 0 aliphatic rings. The van der Waals surface area contributed by atoms with Gasteiger partial charge in [0.1, 0.15) is 11.5 Å². The maximum Gasteiger partial charge on any atom is 0.258 e. The van der Waals surface area contributed by atoms with Crippen molar-refractivity contribution in [3.05, 3.63) is 65.4 Å². The van der Waals surface area contributed by atoms with Gasteiger partial charge in [-0.05, 0) is 37.3 Å². The summed E-state index contributed by atoms with van der Waals surface area (Å²) in [7, 11) is 1.56. The number of hydrogen-bond donors (Lipinski definition) is 2. The van der Waals surface area contributed by atoms with E-state index in [9.17, 15) is 4.79 Å². The molecule has 0 saturated heterocycles. The topological polar surface area (TPSA) is 85.4 Å². The van der Waals surface area contributed by atoms with Gasteiger partial charge in [-0.2, -0.15) is 0 Å². The summed E-state index contributed by atoms with van der Waals surface area (Å²) in [6.07, 6.45) is 2.87. The SMILES string of the molecule is CCOc1ccccc1NC(=O)c1cnc(Nc2cc(Cl)ccc2OC)nc1. The van der Waals surface area contributed by atoms with E-state index in [1.54, 1.807) is 37.4 Å². The van der Waals surface area contributed by atoms with Gasteiger partial charge in [-0.1, -0.05) is 23.7 Å². The van der Waals surface area contributed by atoms with Gasteiger partial charge in [-0.3, -0.25) is 4.79 Å². The molecule has 8 heteroatoms. The van der Waals surface area contributed by atoms with Crippen LogP contribution in [0.1, 0.15) is 17.3 Å². The lowest BCUT2D eigenvalue weighted by Crippen LogP contribution is -2.14. The number of benzene rings is 2. The third-order valence-electron chi connectivity index (χ3n) is 3.76. The summed E-state index contributed by atoms with van der Waals surface area (Å²) in [5.74, 6) is 1.18. The molecule has 3 aromatic rings. The molecule has 1 amide bonds. The smallest absolute Gasteiger partial charge is 0.258 e. The van der Waals surface area contributed by atoms with Crippen LogP contribution in [0.5, 0.6) is 11.5 Å². The maximum absolute atomic E-state index is 12.5. The number of ether oxygens (including phenoxy) is 2. The number of carbonyl (C=O) groups is 1. The molecule has 0 bridgehead atoms. The van der Waals surface area contributed by atoms with Gasteiger partial charge in [-0.25, -0.2) is 9.97 Å². The first-order valence-corrected chi connectivity index (χ1v) is 8.94. The normalized spacial score (nSPS) is 10.2. The molecule has 0 aliphatic carbocycles. The van der Waals surface area contributed by atoms with Crippen LogP contribution < -0.4 is 20.1 Å². The van der Waals surface area contributed by atoms with E-state index >= 15 is 0 Å². The molecule has 28 heavy (non-hydrogen) atoms. The molecule has 0 atom stereocenters. The lowest BCUT2D eigenvalue weighted by Gasteiger charge is -2.12. The van der Waals surface area contributed by atoms with Gasteiger partial charge < -0.3 is 20.1 Å². The Hall–Kier alpha value is -3.32. The number of aromatic nitrogens is 2. The Kier molecular flexibility index (Phi) is 6.29. The zero-order valence-electron chi connectivity index (χ0n) is 15.4. The Balaban J connectivity index is 1.72. The van der Waals surface area contributed by atoms with E-state index in [1.807, 2.05) is 19.1 Å². The van der Waals surface area contributed by atoms with Crippen LogP contribution in [0.4, 0.5) is 17.3 Å². The van der Waals surface area contributed by atoms with E-state index in [4.69, 9.17) is 21.1 Å². The molecule has 7 nitrogen and oxygen atoms in total. The molecule has 0 saturated carbocycles. The van der Waals surface area contributed by atoms with Gasteiger partial charge in [0.2, 0.25) is 5.95 Å². The number of hydrogen-bond acceptors (Lipinski definition) is 6. The molecule has 3 rings (SSSR count). The number of nitrogens with one attached hydrogen (secondary N) is 2. The largest absolute Gasteiger partial charge is 0.495 e. The Labute approximate surface area is 167 Å². The Morgan fingerprint density at radius 2 is 1.82 bits per heavy atom. The molecule has 0 spiro atoms. The number of carbonyl (C=O) groups excluding carboxylic acids is 1. The molecule has 144 valence electrons. The number of nitrogens with zero attached hydrogens (tertiary/aromatic N) is 2. The first kappa shape index (κ1) is 19.4. The first-order chi connectivity index (χ1) is 13.6. The molecule has 1 heterocycles. The second kappa shape index (κ2) is 9.05. The van der Waals surface area contributed by atoms with Crippen molar-refractivity contribution in [2.24, 2.45) is 0 Å². The van der Waals surface area contributed by atoms with Crippen LogP contribution in [0.15, 0.2) is 54.9 Å². The average Bonchev–Trinajstić information content (AvgIpc) is 2.70. The fourth-order valence-electron chi connectivity index (χ4n) is 2.45. The zero-order valence-corrected chi connectivity index (χ0v) is 16.2. The fraction of sp³-hybridized carbons (Fsp3) is 0.150. The third kappa shape index (κ3) is 4.69. The molecule has 0 fully saturated rings. The summed E-state index contributed by atoms with van der Waals surface area (Å²) in [4.78, 5) is 20.9. The highest BCUT2D eigenvalue weighted by molar-refractivity contribution is 6.31. The van der Waals surface area contributed by atoms with E-state index in [2.05, 4.69) is 20.6 Å². The number of amides is 1. The monoisotopic (exact) mass is 398 g/mol. The Morgan fingerprint density at radius 3 is 2.54 bits per heavy atom. The van der Waals surface area contributed by atoms with Crippen LogP contribution in [0, 0.1) is 0 Å². The van der Waals surface area contributed by atoms with E-state index < -0.39 is 0 Å². The molecule has 1 aromatic heterocycles. The van der Waals surface area contributed by atoms with E-state index in [1.165, 1.54) is 12.4 Å². The zero-order chi connectivity index (χ0) is 19.9. The van der Waals surface area contributed by atoms with Crippen LogP contribution in [0.3, 0.4) is 0 Å². The summed E-state index contributed by atoms with van der Waals surface area (Å²) in [5.41, 5.74) is 1.52. The van der Waals surface area contributed by atoms with Crippen molar-refractivity contribution in [1.82, 2.24) is 9.97 Å². The highest BCUT2D eigenvalue weighted by Gasteiger charge is 2.12. The van der Waals surface area contributed by atoms with Crippen molar-refractivity contribution in [1.29, 1.82) is 0 Å². The summed E-state index contributed by atoms with van der Waals surface area (Å²) in [6.45, 7) is 2.39. The van der Waals surface area contributed by atoms with Crippen molar-refractivity contribution < 1.29 is 14.3 Å². The highest BCUT2D eigenvalue weighted by atomic mass is 35.5. The van der Waals surface area contributed by atoms with Crippen LogP contribution in [0.25, 0.3) is 0 Å². The summed E-state index contributed by atoms with van der Waals surface area (Å²) in [6, 6.07) is 12.4. The van der Waals surface area contributed by atoms with E-state index in [0.717, 1.165) is 0 Å². The molecule has 2 aromatic carbocycles. The van der Waals surface area contributed by atoms with Crippen LogP contribution in [-0.2, 0) is 0 Å². The molecule has 2 N–H and O–H groups in total. The van der Waals surface area contributed by atoms with Crippen molar-refractivity contribution in [2.75, 3.05) is 24.4 Å². The number of methoxy groups -OCH3 is 1. The maximum atomic E-state index is 12.5. The van der Waals surface area contributed by atoms with Gasteiger partial charge in [0.15, 0.2) is 0 Å². The van der Waals surface area contributed by atoms with Gasteiger partial charge in [0.05, 0.1) is 30.7 Å². The van der Waals surface area contributed by atoms with Crippen molar-refractivity contribution in [3.8, 4) is 11.5 Å². The second-order valence-electron chi connectivity index (χ2n) is 5.65. The van der Waals surface area contributed by atoms with E-state index in [-0.39, 0.29) is 5.91 Å². The minimum atomic E-state index is -0.334. The highest BCUT2D eigenvalue weighted by Crippen LogP contribution is 2.29. The van der Waals surface area contributed by atoms with Gasteiger partial charge >= 0.3 is 0 Å². The summed E-state index contributed by atoms with van der Waals surface area (Å²) in [5, 5.41) is 6.38. The van der Waals surface area contributed by atoms with Crippen LogP contribution >= 0.6 is 11.6 Å². The molecular weight excluding hydrogens is 380 g/mol. The number of anilines is 3. The van der Waals surface area contributed by atoms with Crippen molar-refractivity contribution in [2.45, 2.75) is 6.92 Å². The van der Waals surface area contributed by atoms with Gasteiger partial charge in [-0.15, -0.1) is 0 Å². The Morgan fingerprint density at radius 1 is 1.07 bits per heavy atom. The minimum Gasteiger partial charge on any atom is -0.495 e. The first-order valence-electron chi connectivity index (χ1n) is 8.56. The molecule has 0 radical (unpaired) electrons. The second-order valence-corrected chi connectivity index (χ2v) is 6.08. The van der Waals surface area contributed by atoms with Gasteiger partial charge in [0, 0.05) is 17.4 Å². The summed E-state index contributed by atoms with van der Waals surface area (Å²) < 4.78 is 10.8. The Bertz CT molecular complexity index is 964. The lowest BCUT2D eigenvalue weighted by molar-refractivity contribution is 0.102. The lowest BCUT2D eigenvalue weighted by atomic mass is 10.2. The van der Waals surface area contributed by atoms with Crippen molar-refractivity contribution >= 4 is 34.8 Å². The molecular formula is C20H19ClN4O3. The predicted octanol–water partition coefficient (Wildman–Crippen LogP) is 4.53. The molecule has 0 aliphatic heterocycles. The average molecular weight is 399 g/mol. The standard InChI is InChI=1S/C20H19ClN4O3/c1-3-28-18-7-5-4-6-15(18)24-19(26)13-11-22-20(23-12-13)25-16-10-14(21)8-9-17(16)27-2/h4-12H,3H2,1-2H3,(H,24,26)(H,22,23,25). The van der Waals surface area contributed by atoms with Crippen LogP contribution in [-0.4, -0.2) is 29.6 Å². The number of halogens is 1. The number of para-hydroxylation sites is 2.